The lowest BCUT2D eigenvalue weighted by atomic mass is 9.88. The van der Waals surface area contributed by atoms with E-state index in [0.29, 0.717) is 18.6 Å². The highest BCUT2D eigenvalue weighted by atomic mass is 32.2. The summed E-state index contributed by atoms with van der Waals surface area (Å²) in [6, 6.07) is 3.33. The van der Waals surface area contributed by atoms with Crippen molar-refractivity contribution in [2.75, 3.05) is 5.75 Å². The standard InChI is InChI=1S/C13H16F2O2S/c1-13(2,12(16)17)6-3-7-18-11-8-9(14)4-5-10(11)15/h4-5,8H,3,6-7H2,1-2H3,(H,16,17). The Kier molecular flexibility index (Phi) is 5.14. The molecule has 0 radical (unpaired) electrons. The number of aliphatic carboxylic acids is 1. The van der Waals surface area contributed by atoms with E-state index >= 15 is 0 Å². The molecular formula is C13H16F2O2S. The van der Waals surface area contributed by atoms with Gasteiger partial charge in [-0.25, -0.2) is 8.78 Å². The fourth-order valence-electron chi connectivity index (χ4n) is 1.39. The lowest BCUT2D eigenvalue weighted by Crippen LogP contribution is -2.23. The Bertz CT molecular complexity index is 433. The van der Waals surface area contributed by atoms with Crippen LogP contribution in [0.1, 0.15) is 26.7 Å². The zero-order chi connectivity index (χ0) is 13.8. The van der Waals surface area contributed by atoms with Gasteiger partial charge in [0.1, 0.15) is 11.6 Å². The van der Waals surface area contributed by atoms with Gasteiger partial charge in [0.25, 0.3) is 0 Å². The summed E-state index contributed by atoms with van der Waals surface area (Å²) in [5.41, 5.74) is -0.777. The smallest absolute Gasteiger partial charge is 0.309 e. The molecule has 0 aliphatic rings. The summed E-state index contributed by atoms with van der Waals surface area (Å²) in [7, 11) is 0. The van der Waals surface area contributed by atoms with E-state index in [0.717, 1.165) is 18.2 Å². The van der Waals surface area contributed by atoms with Crippen LogP contribution in [-0.2, 0) is 4.79 Å². The van der Waals surface area contributed by atoms with Gasteiger partial charge in [0, 0.05) is 4.90 Å². The van der Waals surface area contributed by atoms with Crippen LogP contribution in [0.25, 0.3) is 0 Å². The first-order valence-corrected chi connectivity index (χ1v) is 6.63. The van der Waals surface area contributed by atoms with Crippen molar-refractivity contribution in [2.45, 2.75) is 31.6 Å². The van der Waals surface area contributed by atoms with E-state index in [1.807, 2.05) is 0 Å². The summed E-state index contributed by atoms with van der Waals surface area (Å²) in [5.74, 6) is -1.19. The third kappa shape index (κ3) is 4.29. The molecule has 0 spiro atoms. The van der Waals surface area contributed by atoms with Crippen molar-refractivity contribution in [3.05, 3.63) is 29.8 Å². The number of carboxylic acid groups (broad SMARTS) is 1. The van der Waals surface area contributed by atoms with Crippen LogP contribution in [0.3, 0.4) is 0 Å². The van der Waals surface area contributed by atoms with Gasteiger partial charge in [-0.3, -0.25) is 4.79 Å². The Balaban J connectivity index is 2.43. The molecule has 1 N–H and O–H groups in total. The quantitative estimate of drug-likeness (QED) is 0.630. The molecule has 0 saturated heterocycles. The lowest BCUT2D eigenvalue weighted by molar-refractivity contribution is -0.147. The van der Waals surface area contributed by atoms with Gasteiger partial charge in [0.05, 0.1) is 5.41 Å². The Morgan fingerprint density at radius 3 is 2.67 bits per heavy atom. The Morgan fingerprint density at radius 2 is 2.06 bits per heavy atom. The first-order valence-electron chi connectivity index (χ1n) is 5.64. The van der Waals surface area contributed by atoms with Gasteiger partial charge in [-0.2, -0.15) is 0 Å². The molecule has 1 aromatic rings. The van der Waals surface area contributed by atoms with Crippen LogP contribution >= 0.6 is 11.8 Å². The van der Waals surface area contributed by atoms with Crippen molar-refractivity contribution in [1.82, 2.24) is 0 Å². The molecule has 0 aliphatic heterocycles. The third-order valence-electron chi connectivity index (χ3n) is 2.68. The zero-order valence-corrected chi connectivity index (χ0v) is 11.2. The number of halogens is 2. The van der Waals surface area contributed by atoms with E-state index in [1.165, 1.54) is 11.8 Å². The highest BCUT2D eigenvalue weighted by molar-refractivity contribution is 7.99. The average Bonchev–Trinajstić information content (AvgIpc) is 2.28. The highest BCUT2D eigenvalue weighted by Crippen LogP contribution is 2.27. The first kappa shape index (κ1) is 15.0. The van der Waals surface area contributed by atoms with Crippen LogP contribution in [0.2, 0.25) is 0 Å². The number of hydrogen-bond acceptors (Lipinski definition) is 2. The maximum absolute atomic E-state index is 13.3. The minimum Gasteiger partial charge on any atom is -0.481 e. The number of benzene rings is 1. The van der Waals surface area contributed by atoms with Crippen molar-refractivity contribution in [1.29, 1.82) is 0 Å². The number of carboxylic acids is 1. The Hall–Kier alpha value is -1.10. The van der Waals surface area contributed by atoms with Gasteiger partial charge in [0.2, 0.25) is 0 Å². The monoisotopic (exact) mass is 274 g/mol. The Morgan fingerprint density at radius 1 is 1.39 bits per heavy atom. The third-order valence-corrected chi connectivity index (χ3v) is 3.79. The van der Waals surface area contributed by atoms with Crippen LogP contribution in [0, 0.1) is 17.0 Å². The molecule has 0 amide bonds. The topological polar surface area (TPSA) is 37.3 Å². The molecule has 0 saturated carbocycles. The molecule has 0 atom stereocenters. The maximum atomic E-state index is 13.3. The van der Waals surface area contributed by atoms with Gasteiger partial charge >= 0.3 is 5.97 Å². The molecule has 2 nitrogen and oxygen atoms in total. The molecular weight excluding hydrogens is 258 g/mol. The maximum Gasteiger partial charge on any atom is 0.309 e. The second-order valence-corrected chi connectivity index (χ2v) is 5.85. The van der Waals surface area contributed by atoms with Gasteiger partial charge in [-0.1, -0.05) is 0 Å². The molecule has 1 aromatic carbocycles. The van der Waals surface area contributed by atoms with E-state index in [9.17, 15) is 13.6 Å². The van der Waals surface area contributed by atoms with Crippen molar-refractivity contribution < 1.29 is 18.7 Å². The van der Waals surface area contributed by atoms with Crippen LogP contribution in [0.15, 0.2) is 23.1 Å². The fraction of sp³-hybridized carbons (Fsp3) is 0.462. The van der Waals surface area contributed by atoms with Crippen LogP contribution in [0.5, 0.6) is 0 Å². The molecule has 0 fully saturated rings. The van der Waals surface area contributed by atoms with Crippen LogP contribution in [0.4, 0.5) is 8.78 Å². The van der Waals surface area contributed by atoms with Crippen molar-refractivity contribution in [3.63, 3.8) is 0 Å². The van der Waals surface area contributed by atoms with E-state index < -0.39 is 23.0 Å². The van der Waals surface area contributed by atoms with Crippen molar-refractivity contribution in [2.24, 2.45) is 5.41 Å². The summed E-state index contributed by atoms with van der Waals surface area (Å²) >= 11 is 1.21. The second kappa shape index (κ2) is 6.18. The fourth-order valence-corrected chi connectivity index (χ4v) is 2.30. The number of carbonyl (C=O) groups is 1. The summed E-state index contributed by atoms with van der Waals surface area (Å²) in [5, 5.41) is 8.92. The predicted octanol–water partition coefficient (Wildman–Crippen LogP) is 3.95. The summed E-state index contributed by atoms with van der Waals surface area (Å²) in [6.07, 6.45) is 1.15. The normalized spacial score (nSPS) is 11.6. The van der Waals surface area contributed by atoms with E-state index in [4.69, 9.17) is 5.11 Å². The van der Waals surface area contributed by atoms with Gasteiger partial charge in [0.15, 0.2) is 0 Å². The average molecular weight is 274 g/mol. The molecule has 0 bridgehead atoms. The zero-order valence-electron chi connectivity index (χ0n) is 10.4. The molecule has 0 aliphatic carbocycles. The van der Waals surface area contributed by atoms with Crippen molar-refractivity contribution in [3.8, 4) is 0 Å². The van der Waals surface area contributed by atoms with Crippen molar-refractivity contribution >= 4 is 17.7 Å². The summed E-state index contributed by atoms with van der Waals surface area (Å²) < 4.78 is 26.2. The summed E-state index contributed by atoms with van der Waals surface area (Å²) in [4.78, 5) is 11.1. The van der Waals surface area contributed by atoms with Gasteiger partial charge in [-0.05, 0) is 50.6 Å². The van der Waals surface area contributed by atoms with E-state index in [-0.39, 0.29) is 4.90 Å². The second-order valence-electron chi connectivity index (χ2n) is 4.72. The highest BCUT2D eigenvalue weighted by Gasteiger charge is 2.26. The molecule has 18 heavy (non-hydrogen) atoms. The molecule has 1 rings (SSSR count). The minimum absolute atomic E-state index is 0.267. The Labute approximate surface area is 109 Å². The summed E-state index contributed by atoms with van der Waals surface area (Å²) in [6.45, 7) is 3.31. The largest absolute Gasteiger partial charge is 0.481 e. The van der Waals surface area contributed by atoms with Gasteiger partial charge < -0.3 is 5.11 Å². The SMILES string of the molecule is CC(C)(CCCSc1cc(F)ccc1F)C(=O)O. The van der Waals surface area contributed by atoms with E-state index in [1.54, 1.807) is 13.8 Å². The molecule has 0 aromatic heterocycles. The number of rotatable bonds is 6. The molecule has 5 heteroatoms. The molecule has 0 heterocycles. The molecule has 100 valence electrons. The number of hydrogen-bond donors (Lipinski definition) is 1. The van der Waals surface area contributed by atoms with Crippen LogP contribution in [-0.4, -0.2) is 16.8 Å². The lowest BCUT2D eigenvalue weighted by Gasteiger charge is -2.18. The molecule has 0 unspecified atom stereocenters. The van der Waals surface area contributed by atoms with Crippen LogP contribution < -0.4 is 0 Å². The number of thioether (sulfide) groups is 1. The minimum atomic E-state index is -0.843. The van der Waals surface area contributed by atoms with Gasteiger partial charge in [-0.15, -0.1) is 11.8 Å². The first-order chi connectivity index (χ1) is 8.33. The predicted molar refractivity (Wildman–Crippen MR) is 67.7 cm³/mol. The van der Waals surface area contributed by atoms with E-state index in [2.05, 4.69) is 0 Å².